The lowest BCUT2D eigenvalue weighted by Gasteiger charge is -2.42. The number of aliphatic hydroxyl groups is 1. The van der Waals surface area contributed by atoms with Gasteiger partial charge in [0.1, 0.15) is 0 Å². The number of piperidine rings is 1. The van der Waals surface area contributed by atoms with Gasteiger partial charge in [0, 0.05) is 23.4 Å². The van der Waals surface area contributed by atoms with Gasteiger partial charge in [-0.2, -0.15) is 0 Å². The largest absolute Gasteiger partial charge is 0.396 e. The van der Waals surface area contributed by atoms with Gasteiger partial charge < -0.3 is 10.0 Å². The van der Waals surface area contributed by atoms with Crippen LogP contribution >= 0.6 is 11.8 Å². The van der Waals surface area contributed by atoms with Crippen LogP contribution in [0.5, 0.6) is 0 Å². The molecule has 2 aliphatic rings. The van der Waals surface area contributed by atoms with Crippen LogP contribution in [-0.4, -0.2) is 60.5 Å². The Balaban J connectivity index is 1.51. The van der Waals surface area contributed by atoms with E-state index < -0.39 is 0 Å². The van der Waals surface area contributed by atoms with Crippen LogP contribution in [-0.2, 0) is 6.54 Å². The first-order chi connectivity index (χ1) is 11.2. The van der Waals surface area contributed by atoms with Gasteiger partial charge in [-0.3, -0.25) is 4.90 Å². The molecule has 1 aromatic rings. The van der Waals surface area contributed by atoms with Crippen LogP contribution < -0.4 is 0 Å². The van der Waals surface area contributed by atoms with Crippen molar-refractivity contribution in [3.05, 3.63) is 29.8 Å². The van der Waals surface area contributed by atoms with Gasteiger partial charge in [-0.15, -0.1) is 11.8 Å². The van der Waals surface area contributed by atoms with Crippen molar-refractivity contribution in [1.82, 2.24) is 9.80 Å². The predicted octanol–water partition coefficient (Wildman–Crippen LogP) is 3.08. The zero-order valence-corrected chi connectivity index (χ0v) is 15.2. The van der Waals surface area contributed by atoms with Crippen molar-refractivity contribution < 1.29 is 5.11 Å². The van der Waals surface area contributed by atoms with Gasteiger partial charge in [0.2, 0.25) is 0 Å². The molecule has 0 aromatic heterocycles. The molecule has 1 N–H and O–H groups in total. The summed E-state index contributed by atoms with van der Waals surface area (Å²) in [6, 6.07) is 8.94. The summed E-state index contributed by atoms with van der Waals surface area (Å²) in [7, 11) is 0. The first-order valence-electron chi connectivity index (χ1n) is 8.92. The molecule has 23 heavy (non-hydrogen) atoms. The summed E-state index contributed by atoms with van der Waals surface area (Å²) in [5, 5.41) is 9.99. The van der Waals surface area contributed by atoms with Crippen LogP contribution in [0, 0.1) is 5.41 Å². The molecule has 0 amide bonds. The number of thioether (sulfide) groups is 1. The zero-order chi connectivity index (χ0) is 16.1. The van der Waals surface area contributed by atoms with Crippen molar-refractivity contribution in [1.29, 1.82) is 0 Å². The summed E-state index contributed by atoms with van der Waals surface area (Å²) in [5.74, 6) is 0. The lowest BCUT2D eigenvalue weighted by atomic mass is 9.78. The zero-order valence-electron chi connectivity index (χ0n) is 14.3. The molecule has 0 atom stereocenters. The van der Waals surface area contributed by atoms with Crippen LogP contribution in [0.25, 0.3) is 0 Å². The number of benzene rings is 1. The van der Waals surface area contributed by atoms with Gasteiger partial charge in [-0.25, -0.2) is 0 Å². The molecule has 3 nitrogen and oxygen atoms in total. The van der Waals surface area contributed by atoms with Gasteiger partial charge in [0.05, 0.1) is 6.61 Å². The van der Waals surface area contributed by atoms with Crippen LogP contribution in [0.3, 0.4) is 0 Å². The van der Waals surface area contributed by atoms with E-state index >= 15 is 0 Å². The second kappa shape index (κ2) is 8.02. The van der Waals surface area contributed by atoms with Crippen molar-refractivity contribution in [2.24, 2.45) is 5.41 Å². The molecule has 2 heterocycles. The molecule has 0 saturated carbocycles. The Morgan fingerprint density at radius 2 is 1.65 bits per heavy atom. The van der Waals surface area contributed by atoms with Gasteiger partial charge >= 0.3 is 0 Å². The highest BCUT2D eigenvalue weighted by Gasteiger charge is 2.36. The Hall–Kier alpha value is -0.550. The molecule has 0 aliphatic carbocycles. The van der Waals surface area contributed by atoms with E-state index in [-0.39, 0.29) is 5.41 Å². The second-order valence-electron chi connectivity index (χ2n) is 7.27. The fraction of sp³-hybridized carbons (Fsp3) is 0.684. The van der Waals surface area contributed by atoms with E-state index in [4.69, 9.17) is 0 Å². The third-order valence-electron chi connectivity index (χ3n) is 5.58. The fourth-order valence-corrected chi connectivity index (χ4v) is 4.36. The Morgan fingerprint density at radius 3 is 2.22 bits per heavy atom. The summed E-state index contributed by atoms with van der Waals surface area (Å²) >= 11 is 1.80. The minimum absolute atomic E-state index is 0.142. The molecule has 0 bridgehead atoms. The number of hydrogen-bond donors (Lipinski definition) is 1. The second-order valence-corrected chi connectivity index (χ2v) is 8.15. The first-order valence-corrected chi connectivity index (χ1v) is 10.1. The molecular formula is C19H30N2OS. The highest BCUT2D eigenvalue weighted by atomic mass is 32.2. The van der Waals surface area contributed by atoms with Crippen molar-refractivity contribution in [2.75, 3.05) is 45.6 Å². The van der Waals surface area contributed by atoms with Crippen molar-refractivity contribution >= 4 is 11.8 Å². The summed E-state index contributed by atoms with van der Waals surface area (Å²) in [6.45, 7) is 7.16. The summed E-state index contributed by atoms with van der Waals surface area (Å²) in [6.07, 6.45) is 7.04. The maximum absolute atomic E-state index is 9.99. The Kier molecular flexibility index (Phi) is 6.02. The van der Waals surface area contributed by atoms with E-state index in [1.807, 2.05) is 0 Å². The van der Waals surface area contributed by atoms with Gasteiger partial charge in [0.15, 0.2) is 0 Å². The molecule has 0 spiro atoms. The molecule has 0 radical (unpaired) electrons. The van der Waals surface area contributed by atoms with Crippen molar-refractivity contribution in [3.8, 4) is 0 Å². The molecule has 4 heteroatoms. The van der Waals surface area contributed by atoms with E-state index in [9.17, 15) is 5.11 Å². The third kappa shape index (κ3) is 4.50. The fourth-order valence-electron chi connectivity index (χ4n) is 3.96. The highest BCUT2D eigenvalue weighted by molar-refractivity contribution is 7.98. The lowest BCUT2D eigenvalue weighted by Crippen LogP contribution is -2.47. The monoisotopic (exact) mass is 334 g/mol. The van der Waals surface area contributed by atoms with E-state index in [1.165, 1.54) is 36.4 Å². The van der Waals surface area contributed by atoms with Crippen LogP contribution in [0.2, 0.25) is 0 Å². The van der Waals surface area contributed by atoms with Crippen LogP contribution in [0.1, 0.15) is 31.2 Å². The average molecular weight is 335 g/mol. The normalized spacial score (nSPS) is 22.5. The van der Waals surface area contributed by atoms with E-state index in [2.05, 4.69) is 40.3 Å². The number of hydrogen-bond acceptors (Lipinski definition) is 4. The molecule has 2 saturated heterocycles. The predicted molar refractivity (Wildman–Crippen MR) is 97.9 cm³/mol. The van der Waals surface area contributed by atoms with Gasteiger partial charge in [-0.1, -0.05) is 12.1 Å². The number of rotatable bonds is 6. The topological polar surface area (TPSA) is 26.7 Å². The SMILES string of the molecule is CSc1ccc(CN2CCC(CO)(CN3CCCC3)CC2)cc1. The van der Waals surface area contributed by atoms with Crippen molar-refractivity contribution in [3.63, 3.8) is 0 Å². The average Bonchev–Trinajstić information content (AvgIpc) is 3.10. The Bertz CT molecular complexity index is 477. The summed E-state index contributed by atoms with van der Waals surface area (Å²) in [5.41, 5.74) is 1.54. The minimum atomic E-state index is 0.142. The van der Waals surface area contributed by atoms with Gasteiger partial charge in [0.25, 0.3) is 0 Å². The maximum Gasteiger partial charge on any atom is 0.0500 e. The minimum Gasteiger partial charge on any atom is -0.396 e. The Labute approximate surface area is 145 Å². The van der Waals surface area contributed by atoms with E-state index in [0.29, 0.717) is 6.61 Å². The number of aliphatic hydroxyl groups excluding tert-OH is 1. The van der Waals surface area contributed by atoms with E-state index in [0.717, 1.165) is 39.0 Å². The van der Waals surface area contributed by atoms with Gasteiger partial charge in [-0.05, 0) is 75.8 Å². The highest BCUT2D eigenvalue weighted by Crippen LogP contribution is 2.33. The quantitative estimate of drug-likeness (QED) is 0.809. The number of nitrogens with zero attached hydrogens (tertiary/aromatic N) is 2. The molecule has 128 valence electrons. The molecule has 2 aliphatic heterocycles. The Morgan fingerprint density at radius 1 is 1.00 bits per heavy atom. The third-order valence-corrected chi connectivity index (χ3v) is 6.32. The smallest absolute Gasteiger partial charge is 0.0500 e. The molecule has 3 rings (SSSR count). The summed E-state index contributed by atoms with van der Waals surface area (Å²) < 4.78 is 0. The summed E-state index contributed by atoms with van der Waals surface area (Å²) in [4.78, 5) is 6.44. The first kappa shape index (κ1) is 17.3. The lowest BCUT2D eigenvalue weighted by molar-refractivity contribution is 0.0165. The molecule has 0 unspecified atom stereocenters. The van der Waals surface area contributed by atoms with E-state index in [1.54, 1.807) is 11.8 Å². The molecular weight excluding hydrogens is 304 g/mol. The standard InChI is InChI=1S/C19H30N2OS/c1-23-18-6-4-17(5-7-18)14-20-12-8-19(16-22,9-13-20)15-21-10-2-3-11-21/h4-7,22H,2-3,8-16H2,1H3. The van der Waals surface area contributed by atoms with Crippen molar-refractivity contribution in [2.45, 2.75) is 37.1 Å². The molecule has 1 aromatic carbocycles. The van der Waals surface area contributed by atoms with Crippen LogP contribution in [0.4, 0.5) is 0 Å². The van der Waals surface area contributed by atoms with Crippen LogP contribution in [0.15, 0.2) is 29.2 Å². The maximum atomic E-state index is 9.99. The molecule has 2 fully saturated rings. The number of likely N-dealkylation sites (tertiary alicyclic amines) is 2.